The van der Waals surface area contributed by atoms with Gasteiger partial charge < -0.3 is 4.74 Å². The van der Waals surface area contributed by atoms with Crippen molar-refractivity contribution in [2.45, 2.75) is 46.0 Å². The number of benzene rings is 2. The number of hydrogen-bond acceptors (Lipinski definition) is 4. The van der Waals surface area contributed by atoms with E-state index in [1.165, 1.54) is 18.2 Å². The van der Waals surface area contributed by atoms with E-state index >= 15 is 0 Å². The zero-order valence-corrected chi connectivity index (χ0v) is 25.2. The molecule has 0 spiro atoms. The predicted octanol–water partition coefficient (Wildman–Crippen LogP) is 8.32. The number of Topliss-reactive ketones (excluding diaryl/α,β-unsaturated/α-hetero) is 1. The molecular formula is C26H35Cl3FIO4. The SMILES string of the molecule is CC(C)C(=O)c1ccc(CCCl)cc1.COC(=O)C(C)(C)c1ccc(CCCl)cc1.ClI.[3H]COF. The lowest BCUT2D eigenvalue weighted by Gasteiger charge is -2.22. The van der Waals surface area contributed by atoms with Gasteiger partial charge in [-0.3, -0.25) is 9.59 Å². The highest BCUT2D eigenvalue weighted by molar-refractivity contribution is 14.1. The summed E-state index contributed by atoms with van der Waals surface area (Å²) in [6.07, 6.45) is 1.71. The third-order valence-electron chi connectivity index (χ3n) is 4.90. The molecule has 2 aromatic carbocycles. The molecule has 0 aromatic heterocycles. The molecule has 0 amide bonds. The summed E-state index contributed by atoms with van der Waals surface area (Å²) in [6, 6.07) is 15.6. The standard InChI is InChI=1S/C13H17ClO2.C12H15ClO.CH3FO.ClI/c1-13(2,12(15)16-3)11-6-4-10(5-7-11)8-9-14;1-9(2)12(14)11-5-3-10(4-6-11)7-8-13;1-3-2;1-2/h4-7H,8-9H2,1-3H3;3-6,9H,7-8H2,1-2H3;1H3;/i;;1T;. The molecule has 9 heteroatoms. The minimum Gasteiger partial charge on any atom is -0.468 e. The third-order valence-corrected chi connectivity index (χ3v) is 5.28. The lowest BCUT2D eigenvalue weighted by atomic mass is 9.84. The first-order valence-electron chi connectivity index (χ1n) is 11.4. The molecule has 0 aliphatic rings. The lowest BCUT2D eigenvalue weighted by Crippen LogP contribution is -2.30. The van der Waals surface area contributed by atoms with E-state index in [-0.39, 0.29) is 17.7 Å². The summed E-state index contributed by atoms with van der Waals surface area (Å²) < 4.78 is 20.7. The number of aryl methyl sites for hydroxylation is 2. The average Bonchev–Trinajstić information content (AvgIpc) is 2.90. The molecule has 0 atom stereocenters. The van der Waals surface area contributed by atoms with Crippen LogP contribution in [0.4, 0.5) is 4.53 Å². The molecule has 0 bridgehead atoms. The summed E-state index contributed by atoms with van der Waals surface area (Å²) in [5, 5.41) is 0. The zero-order valence-electron chi connectivity index (χ0n) is 21.8. The molecule has 35 heavy (non-hydrogen) atoms. The van der Waals surface area contributed by atoms with Gasteiger partial charge in [-0.15, -0.1) is 23.2 Å². The van der Waals surface area contributed by atoms with Gasteiger partial charge in [0, 0.05) is 44.7 Å². The van der Waals surface area contributed by atoms with Crippen LogP contribution in [0.3, 0.4) is 0 Å². The maximum absolute atomic E-state index is 11.6. The summed E-state index contributed by atoms with van der Waals surface area (Å²) >= 11 is 12.9. The number of rotatable bonds is 8. The Bertz CT molecular complexity index is 849. The van der Waals surface area contributed by atoms with E-state index in [0.29, 0.717) is 11.8 Å². The highest BCUT2D eigenvalue weighted by Crippen LogP contribution is 2.25. The molecule has 0 unspecified atom stereocenters. The number of hydrogen-bond donors (Lipinski definition) is 0. The minimum atomic E-state index is -0.603. The highest BCUT2D eigenvalue weighted by Gasteiger charge is 2.30. The fourth-order valence-electron chi connectivity index (χ4n) is 2.85. The third kappa shape index (κ3) is 14.4. The zero-order chi connectivity index (χ0) is 28.1. The van der Waals surface area contributed by atoms with Crippen molar-refractivity contribution in [2.75, 3.05) is 26.0 Å². The molecule has 0 saturated heterocycles. The van der Waals surface area contributed by atoms with Crippen molar-refractivity contribution in [1.29, 1.82) is 0 Å². The molecular weight excluding hydrogens is 629 g/mol. The number of ether oxygens (including phenoxy) is 1. The summed E-state index contributed by atoms with van der Waals surface area (Å²) in [5.41, 5.74) is 3.50. The van der Waals surface area contributed by atoms with Gasteiger partial charge in [0.15, 0.2) is 5.78 Å². The number of alkyl halides is 2. The van der Waals surface area contributed by atoms with Crippen molar-refractivity contribution in [3.05, 3.63) is 70.8 Å². The van der Waals surface area contributed by atoms with Crippen LogP contribution in [0.25, 0.3) is 0 Å². The van der Waals surface area contributed by atoms with Crippen LogP contribution in [0.15, 0.2) is 48.5 Å². The molecule has 198 valence electrons. The molecule has 0 heterocycles. The van der Waals surface area contributed by atoms with Gasteiger partial charge in [0.1, 0.15) is 0 Å². The van der Waals surface area contributed by atoms with Crippen molar-refractivity contribution in [3.63, 3.8) is 0 Å². The average molecular weight is 666 g/mol. The van der Waals surface area contributed by atoms with Crippen LogP contribution < -0.4 is 0 Å². The van der Waals surface area contributed by atoms with Gasteiger partial charge in [0.2, 0.25) is 0 Å². The number of ketones is 1. The van der Waals surface area contributed by atoms with Crippen molar-refractivity contribution in [1.82, 2.24) is 0 Å². The smallest absolute Gasteiger partial charge is 0.315 e. The van der Waals surface area contributed by atoms with Crippen molar-refractivity contribution < 1.29 is 25.2 Å². The highest BCUT2D eigenvalue weighted by atomic mass is 127. The van der Waals surface area contributed by atoms with Gasteiger partial charge in [-0.25, -0.2) is 0 Å². The Morgan fingerprint density at radius 2 is 1.37 bits per heavy atom. The second-order valence-corrected chi connectivity index (χ2v) is 8.77. The molecule has 0 fully saturated rings. The summed E-state index contributed by atoms with van der Waals surface area (Å²) in [4.78, 5) is 25.9. The Labute approximate surface area is 238 Å². The van der Waals surface area contributed by atoms with Gasteiger partial charge in [-0.1, -0.05) is 62.4 Å². The maximum Gasteiger partial charge on any atom is 0.315 e. The monoisotopic (exact) mass is 664 g/mol. The molecule has 2 aromatic rings. The molecule has 0 saturated carbocycles. The van der Waals surface area contributed by atoms with Crippen molar-refractivity contribution in [3.8, 4) is 0 Å². The Morgan fingerprint density at radius 1 is 0.971 bits per heavy atom. The number of carbonyl (C=O) groups is 2. The Hall–Kier alpha value is -0.930. The molecule has 0 radical (unpaired) electrons. The van der Waals surface area contributed by atoms with Crippen LogP contribution >= 0.6 is 53.6 Å². The molecule has 0 aliphatic heterocycles. The quantitative estimate of drug-likeness (QED) is 0.123. The van der Waals surface area contributed by atoms with Gasteiger partial charge >= 0.3 is 5.97 Å². The van der Waals surface area contributed by atoms with Gasteiger partial charge in [-0.2, -0.15) is 4.94 Å². The second-order valence-electron chi connectivity index (χ2n) is 8.02. The molecule has 2 rings (SSSR count). The van der Waals surface area contributed by atoms with Crippen LogP contribution in [0.2, 0.25) is 0 Å². The van der Waals surface area contributed by atoms with Crippen LogP contribution in [0.1, 0.15) is 56.1 Å². The summed E-state index contributed by atoms with van der Waals surface area (Å²) in [6.45, 7) is 7.54. The molecule has 4 nitrogen and oxygen atoms in total. The summed E-state index contributed by atoms with van der Waals surface area (Å²) in [7, 11) is 5.42. The largest absolute Gasteiger partial charge is 0.468 e. The van der Waals surface area contributed by atoms with E-state index in [9.17, 15) is 14.1 Å². The molecule has 0 N–H and O–H groups in total. The Morgan fingerprint density at radius 3 is 1.69 bits per heavy atom. The van der Waals surface area contributed by atoms with E-state index in [0.717, 1.165) is 24.0 Å². The van der Waals surface area contributed by atoms with E-state index < -0.39 is 12.5 Å². The normalized spacial score (nSPS) is 10.4. The van der Waals surface area contributed by atoms with E-state index in [2.05, 4.69) is 13.9 Å². The van der Waals surface area contributed by atoms with Crippen molar-refractivity contribution in [2.24, 2.45) is 5.92 Å². The van der Waals surface area contributed by atoms with Crippen molar-refractivity contribution >= 4 is 65.3 Å². The van der Waals surface area contributed by atoms with Gasteiger partial charge in [0.25, 0.3) is 0 Å². The van der Waals surface area contributed by atoms with Gasteiger partial charge in [0.05, 0.1) is 21.0 Å². The predicted molar refractivity (Wildman–Crippen MR) is 154 cm³/mol. The number of esters is 1. The Kier molecular flexibility index (Phi) is 20.6. The van der Waals surface area contributed by atoms with Crippen LogP contribution in [-0.4, -0.2) is 37.7 Å². The van der Waals surface area contributed by atoms with Crippen LogP contribution in [0, 0.1) is 5.92 Å². The number of methoxy groups -OCH3 is 1. The fraction of sp³-hybridized carbons (Fsp3) is 0.462. The van der Waals surface area contributed by atoms with Crippen LogP contribution in [0.5, 0.6) is 0 Å². The minimum absolute atomic E-state index is 0.0638. The first kappa shape index (κ1) is 34.1. The number of halogens is 5. The second kappa shape index (κ2) is 21.2. The van der Waals surface area contributed by atoms with E-state index in [1.54, 1.807) is 21.5 Å². The molecule has 0 aliphatic carbocycles. The fourth-order valence-corrected chi connectivity index (χ4v) is 3.28. The summed E-state index contributed by atoms with van der Waals surface area (Å²) in [5.74, 6) is 1.27. The number of carbonyl (C=O) groups excluding carboxylic acids is 2. The lowest BCUT2D eigenvalue weighted by molar-refractivity contribution is -0.146. The topological polar surface area (TPSA) is 52.6 Å². The Balaban J connectivity index is 0. The van der Waals surface area contributed by atoms with E-state index in [4.69, 9.17) is 29.3 Å². The maximum atomic E-state index is 11.6. The first-order valence-corrected chi connectivity index (χ1v) is 14.5. The van der Waals surface area contributed by atoms with Crippen LogP contribution in [-0.2, 0) is 32.7 Å². The van der Waals surface area contributed by atoms with E-state index in [1.807, 2.05) is 76.2 Å². The first-order chi connectivity index (χ1) is 17.1. The van der Waals surface area contributed by atoms with Gasteiger partial charge in [-0.05, 0) is 56.8 Å².